The molecule has 0 aliphatic carbocycles. The maximum Gasteiger partial charge on any atom is 0.249 e. The number of hydrogen-bond donors (Lipinski definition) is 2. The van der Waals surface area contributed by atoms with Crippen molar-refractivity contribution in [3.05, 3.63) is 83.3 Å². The molecule has 3 N–H and O–H groups in total. The monoisotopic (exact) mass is 577 g/mol. The summed E-state index contributed by atoms with van der Waals surface area (Å²) in [4.78, 5) is 46.2. The third-order valence-electron chi connectivity index (χ3n) is 8.32. The summed E-state index contributed by atoms with van der Waals surface area (Å²) >= 11 is 0. The number of nitrogens with zero attached hydrogens (tertiary/aromatic N) is 3. The van der Waals surface area contributed by atoms with Crippen molar-refractivity contribution in [3.8, 4) is 0 Å². The van der Waals surface area contributed by atoms with Gasteiger partial charge in [0.2, 0.25) is 17.7 Å². The summed E-state index contributed by atoms with van der Waals surface area (Å²) in [5, 5.41) is 2.82. The number of halogens is 1. The van der Waals surface area contributed by atoms with Gasteiger partial charge in [-0.25, -0.2) is 4.39 Å². The molecule has 42 heavy (non-hydrogen) atoms. The van der Waals surface area contributed by atoms with Crippen LogP contribution in [0.3, 0.4) is 0 Å². The zero-order valence-corrected chi connectivity index (χ0v) is 24.4. The molecule has 2 atom stereocenters. The highest BCUT2D eigenvalue weighted by Crippen LogP contribution is 2.41. The van der Waals surface area contributed by atoms with Gasteiger partial charge in [0.15, 0.2) is 0 Å². The van der Waals surface area contributed by atoms with E-state index in [0.29, 0.717) is 19.5 Å². The normalized spacial score (nSPS) is 21.3. The average molecular weight is 578 g/mol. The van der Waals surface area contributed by atoms with E-state index < -0.39 is 23.0 Å². The molecule has 0 aromatic heterocycles. The fourth-order valence-corrected chi connectivity index (χ4v) is 6.11. The van der Waals surface area contributed by atoms with Gasteiger partial charge < -0.3 is 30.5 Å². The van der Waals surface area contributed by atoms with E-state index in [1.54, 1.807) is 37.0 Å². The second kappa shape index (κ2) is 12.2. The van der Waals surface area contributed by atoms with Crippen LogP contribution in [0.25, 0.3) is 0 Å². The highest BCUT2D eigenvalue weighted by Gasteiger charge is 2.54. The lowest BCUT2D eigenvalue weighted by Gasteiger charge is -2.50. The molecule has 5 rings (SSSR count). The number of carbonyl (C=O) groups excluding carboxylic acids is 3. The molecule has 2 aromatic carbocycles. The van der Waals surface area contributed by atoms with Gasteiger partial charge >= 0.3 is 0 Å². The number of ether oxygens (including phenoxy) is 1. The molecule has 3 aliphatic rings. The molecule has 3 amide bonds. The highest BCUT2D eigenvalue weighted by molar-refractivity contribution is 5.94. The highest BCUT2D eigenvalue weighted by atomic mass is 19.1. The van der Waals surface area contributed by atoms with Crippen LogP contribution in [0.1, 0.15) is 37.8 Å². The third kappa shape index (κ3) is 6.34. The van der Waals surface area contributed by atoms with Gasteiger partial charge in [0.25, 0.3) is 0 Å². The van der Waals surface area contributed by atoms with Gasteiger partial charge in [-0.2, -0.15) is 0 Å². The largest absolute Gasteiger partial charge is 0.374 e. The number of carbonyl (C=O) groups is 3. The van der Waals surface area contributed by atoms with Crippen molar-refractivity contribution in [1.29, 1.82) is 0 Å². The van der Waals surface area contributed by atoms with E-state index in [1.165, 1.54) is 12.1 Å². The molecule has 3 aliphatic heterocycles. The summed E-state index contributed by atoms with van der Waals surface area (Å²) in [5.41, 5.74) is 6.78. The lowest BCUT2D eigenvalue weighted by atomic mass is 9.84. The van der Waals surface area contributed by atoms with Crippen LogP contribution in [-0.2, 0) is 32.1 Å². The zero-order valence-electron chi connectivity index (χ0n) is 24.4. The quantitative estimate of drug-likeness (QED) is 0.449. The molecule has 2 aromatic rings. The van der Waals surface area contributed by atoms with E-state index in [-0.39, 0.29) is 37.4 Å². The summed E-state index contributed by atoms with van der Waals surface area (Å²) in [6.45, 7) is 5.99. The van der Waals surface area contributed by atoms with Gasteiger partial charge in [-0.1, -0.05) is 42.5 Å². The number of hydrogen-bond acceptors (Lipinski definition) is 6. The molecule has 0 bridgehead atoms. The molecular formula is C32H40FN5O4. The van der Waals surface area contributed by atoms with Crippen molar-refractivity contribution in [2.24, 2.45) is 5.73 Å². The van der Waals surface area contributed by atoms with Crippen molar-refractivity contribution in [3.63, 3.8) is 0 Å². The number of amides is 3. The Labute approximate surface area is 246 Å². The smallest absolute Gasteiger partial charge is 0.249 e. The minimum Gasteiger partial charge on any atom is -0.374 e. The Hall–Kier alpha value is -3.76. The maximum atomic E-state index is 14.1. The number of benzene rings is 2. The van der Waals surface area contributed by atoms with Crippen LogP contribution in [0.2, 0.25) is 0 Å². The van der Waals surface area contributed by atoms with E-state index in [9.17, 15) is 18.8 Å². The number of nitrogens with one attached hydrogen (secondary N) is 1. The van der Waals surface area contributed by atoms with Crippen molar-refractivity contribution in [2.75, 3.05) is 39.3 Å². The van der Waals surface area contributed by atoms with Crippen LogP contribution in [-0.4, -0.2) is 88.9 Å². The van der Waals surface area contributed by atoms with Crippen molar-refractivity contribution >= 4 is 17.7 Å². The van der Waals surface area contributed by atoms with Crippen LogP contribution in [0, 0.1) is 5.82 Å². The third-order valence-corrected chi connectivity index (χ3v) is 8.32. The fraction of sp³-hybridized carbons (Fsp3) is 0.469. The fourth-order valence-electron chi connectivity index (χ4n) is 6.11. The second-order valence-electron chi connectivity index (χ2n) is 12.1. The molecule has 2 saturated heterocycles. The molecule has 3 heterocycles. The lowest BCUT2D eigenvalue weighted by Crippen LogP contribution is -2.67. The summed E-state index contributed by atoms with van der Waals surface area (Å²) in [5.74, 6) is -1.16. The molecule has 0 radical (unpaired) electrons. The Kier molecular flexibility index (Phi) is 8.65. The molecule has 0 spiro atoms. The van der Waals surface area contributed by atoms with Gasteiger partial charge in [-0.05, 0) is 49.9 Å². The summed E-state index contributed by atoms with van der Waals surface area (Å²) in [6, 6.07) is 14.9. The van der Waals surface area contributed by atoms with Gasteiger partial charge in [0, 0.05) is 44.4 Å². The Bertz CT molecular complexity index is 1320. The number of rotatable bonds is 10. The van der Waals surface area contributed by atoms with Gasteiger partial charge in [-0.15, -0.1) is 0 Å². The molecular weight excluding hydrogens is 537 g/mol. The molecule has 10 heteroatoms. The minimum atomic E-state index is -1.19. The van der Waals surface area contributed by atoms with Crippen molar-refractivity contribution in [1.82, 2.24) is 20.0 Å². The Morgan fingerprint density at radius 1 is 1.02 bits per heavy atom. The number of fused-ring (bicyclic) bond motifs is 1. The number of nitrogens with two attached hydrogens (primary N) is 1. The van der Waals surface area contributed by atoms with Crippen LogP contribution in [0.4, 0.5) is 4.39 Å². The second-order valence-corrected chi connectivity index (χ2v) is 12.1. The Morgan fingerprint density at radius 2 is 1.71 bits per heavy atom. The molecule has 9 nitrogen and oxygen atoms in total. The van der Waals surface area contributed by atoms with Gasteiger partial charge in [0.05, 0.1) is 25.3 Å². The zero-order chi connectivity index (χ0) is 29.9. The first kappa shape index (κ1) is 29.7. The first-order valence-corrected chi connectivity index (χ1v) is 14.6. The summed E-state index contributed by atoms with van der Waals surface area (Å²) in [7, 11) is 0. The van der Waals surface area contributed by atoms with Gasteiger partial charge in [0.1, 0.15) is 17.4 Å². The van der Waals surface area contributed by atoms with Crippen molar-refractivity contribution in [2.45, 2.75) is 56.8 Å². The maximum absolute atomic E-state index is 14.1. The minimum absolute atomic E-state index is 0.0333. The van der Waals surface area contributed by atoms with E-state index in [1.807, 2.05) is 35.2 Å². The molecule has 224 valence electrons. The van der Waals surface area contributed by atoms with E-state index in [2.05, 4.69) is 10.2 Å². The Balaban J connectivity index is 1.42. The number of piperazine rings is 1. The van der Waals surface area contributed by atoms with Crippen molar-refractivity contribution < 1.29 is 23.5 Å². The van der Waals surface area contributed by atoms with Crippen LogP contribution >= 0.6 is 0 Å². The predicted molar refractivity (Wildman–Crippen MR) is 156 cm³/mol. The SMILES string of the molecule is CC(C)(N)C(=O)N[C@H](COCc1ccccc1)C(=O)N1CCN2C(=O)C=C(N3CCCC3)[C@]2(Cc2ccc(F)cc2)C1. The standard InChI is InChI=1S/C32H40FN5O4/c1-31(2,34)30(41)35-26(21-42-20-24-8-4-3-5-9-24)29(40)37-16-17-38-28(39)18-27(36-14-6-7-15-36)32(38,22-37)19-23-10-12-25(33)13-11-23/h3-5,8-13,18,26H,6-7,14-17,19-22,34H2,1-2H3,(H,35,41)/t26-,32+/m1/s1. The summed E-state index contributed by atoms with van der Waals surface area (Å²) in [6.07, 6.45) is 4.20. The van der Waals surface area contributed by atoms with Crippen LogP contribution < -0.4 is 11.1 Å². The molecule has 0 unspecified atom stereocenters. The van der Waals surface area contributed by atoms with Crippen LogP contribution in [0.5, 0.6) is 0 Å². The van der Waals surface area contributed by atoms with E-state index in [4.69, 9.17) is 10.5 Å². The predicted octanol–water partition coefficient (Wildman–Crippen LogP) is 2.21. The average Bonchev–Trinajstić information content (AvgIpc) is 3.59. The van der Waals surface area contributed by atoms with Crippen LogP contribution in [0.15, 0.2) is 66.4 Å². The topological polar surface area (TPSA) is 108 Å². The van der Waals surface area contributed by atoms with E-state index in [0.717, 1.165) is 42.8 Å². The lowest BCUT2D eigenvalue weighted by molar-refractivity contribution is -0.147. The van der Waals surface area contributed by atoms with E-state index >= 15 is 0 Å². The molecule has 2 fully saturated rings. The Morgan fingerprint density at radius 3 is 2.38 bits per heavy atom. The first-order valence-electron chi connectivity index (χ1n) is 14.6. The molecule has 0 saturated carbocycles. The summed E-state index contributed by atoms with van der Waals surface area (Å²) < 4.78 is 19.7. The number of likely N-dealkylation sites (tertiary alicyclic amines) is 1. The first-order chi connectivity index (χ1) is 20.1. The van der Waals surface area contributed by atoms with Gasteiger partial charge in [-0.3, -0.25) is 14.4 Å².